The highest BCUT2D eigenvalue weighted by Gasteiger charge is 2.29. The quantitative estimate of drug-likeness (QED) is 0.132. The first-order valence-electron chi connectivity index (χ1n) is 7.72. The minimum absolute atomic E-state index is 0.0467. The molecule has 0 radical (unpaired) electrons. The van der Waals surface area contributed by atoms with Crippen molar-refractivity contribution < 1.29 is 41.0 Å². The molecular formula is C17H11F5N2O5S. The number of nitrogens with two attached hydrogens (primary N) is 1. The Morgan fingerprint density at radius 3 is 2.13 bits per heavy atom. The maximum absolute atomic E-state index is 13.8. The first kappa shape index (κ1) is 23.1. The number of ether oxygens (including phenoxy) is 1. The highest BCUT2D eigenvalue weighted by atomic mass is 32.2. The van der Waals surface area contributed by atoms with Gasteiger partial charge in [-0.3, -0.25) is 14.9 Å². The van der Waals surface area contributed by atoms with Gasteiger partial charge in [0.05, 0.1) is 17.6 Å². The molecule has 2 aromatic rings. The van der Waals surface area contributed by atoms with E-state index in [1.807, 2.05) is 0 Å². The number of carbonyl (C=O) groups excluding carboxylic acids is 1. The monoisotopic (exact) mass is 450 g/mol. The average Bonchev–Trinajstić information content (AvgIpc) is 2.70. The Labute approximate surface area is 168 Å². The summed E-state index contributed by atoms with van der Waals surface area (Å²) >= 11 is -2.45. The number of nitrogens with zero attached hydrogens (tertiary/aromatic N) is 1. The van der Waals surface area contributed by atoms with Crippen molar-refractivity contribution in [1.82, 2.24) is 0 Å². The molecule has 0 heterocycles. The molecule has 1 amide bonds. The minimum Gasteiger partial charge on any atom is -0.611 e. The first-order valence-corrected chi connectivity index (χ1v) is 9.04. The van der Waals surface area contributed by atoms with Gasteiger partial charge in [-0.2, -0.15) is 0 Å². The van der Waals surface area contributed by atoms with Gasteiger partial charge in [-0.15, -0.1) is 0 Å². The van der Waals surface area contributed by atoms with E-state index in [4.69, 9.17) is 10.5 Å². The molecule has 30 heavy (non-hydrogen) atoms. The Balaban J connectivity index is 2.49. The molecule has 0 saturated carbocycles. The highest BCUT2D eigenvalue weighted by Crippen LogP contribution is 2.30. The van der Waals surface area contributed by atoms with Crippen molar-refractivity contribution in [1.29, 1.82) is 0 Å². The molecule has 2 aromatic carbocycles. The van der Waals surface area contributed by atoms with Crippen LogP contribution in [0.5, 0.6) is 5.75 Å². The van der Waals surface area contributed by atoms with Crippen LogP contribution in [0.25, 0.3) is 6.08 Å². The third kappa shape index (κ3) is 4.52. The van der Waals surface area contributed by atoms with E-state index in [1.54, 1.807) is 0 Å². The number of nitro groups is 1. The number of primary amides is 1. The Bertz CT molecular complexity index is 1030. The summed E-state index contributed by atoms with van der Waals surface area (Å²) in [6, 6.07) is 3.43. The molecule has 0 aliphatic carbocycles. The van der Waals surface area contributed by atoms with Crippen molar-refractivity contribution in [3.8, 4) is 5.75 Å². The number of hydrogen-bond acceptors (Lipinski definition) is 5. The Morgan fingerprint density at radius 2 is 1.67 bits per heavy atom. The molecule has 0 bridgehead atoms. The summed E-state index contributed by atoms with van der Waals surface area (Å²) < 4.78 is 84.8. The number of methoxy groups -OCH3 is 1. The van der Waals surface area contributed by atoms with E-state index in [9.17, 15) is 41.4 Å². The van der Waals surface area contributed by atoms with Crippen LogP contribution < -0.4 is 10.5 Å². The van der Waals surface area contributed by atoms with Crippen LogP contribution in [0.2, 0.25) is 0 Å². The summed E-state index contributed by atoms with van der Waals surface area (Å²) in [7, 11) is 1.18. The number of halogens is 5. The van der Waals surface area contributed by atoms with E-state index in [0.29, 0.717) is 0 Å². The van der Waals surface area contributed by atoms with Gasteiger partial charge in [0.1, 0.15) is 5.75 Å². The zero-order valence-corrected chi connectivity index (χ0v) is 15.7. The predicted molar refractivity (Wildman–Crippen MR) is 94.9 cm³/mol. The lowest BCUT2D eigenvalue weighted by Crippen LogP contribution is -2.22. The van der Waals surface area contributed by atoms with Crippen LogP contribution in [0.3, 0.4) is 0 Å². The van der Waals surface area contributed by atoms with Gasteiger partial charge in [-0.1, -0.05) is 6.07 Å². The van der Waals surface area contributed by atoms with Gasteiger partial charge in [0.15, 0.2) is 29.0 Å². The van der Waals surface area contributed by atoms with Crippen molar-refractivity contribution in [2.45, 2.75) is 5.75 Å². The van der Waals surface area contributed by atoms with Crippen LogP contribution in [0.15, 0.2) is 23.1 Å². The maximum Gasteiger partial charge on any atom is 0.311 e. The van der Waals surface area contributed by atoms with E-state index in [2.05, 4.69) is 0 Å². The molecular weight excluding hydrogens is 439 g/mol. The number of benzene rings is 2. The summed E-state index contributed by atoms with van der Waals surface area (Å²) in [6.45, 7) is 0. The van der Waals surface area contributed by atoms with Gasteiger partial charge in [-0.05, 0) is 17.2 Å². The van der Waals surface area contributed by atoms with Gasteiger partial charge >= 0.3 is 5.69 Å². The highest BCUT2D eigenvalue weighted by molar-refractivity contribution is 7.95. The lowest BCUT2D eigenvalue weighted by molar-refractivity contribution is -0.385. The minimum atomic E-state index is -2.45. The van der Waals surface area contributed by atoms with Crippen molar-refractivity contribution >= 4 is 28.8 Å². The van der Waals surface area contributed by atoms with Crippen LogP contribution in [-0.4, -0.2) is 22.5 Å². The molecule has 0 aromatic heterocycles. The smallest absolute Gasteiger partial charge is 0.311 e. The third-order valence-corrected chi connectivity index (χ3v) is 5.15. The van der Waals surface area contributed by atoms with Crippen molar-refractivity contribution in [2.24, 2.45) is 5.73 Å². The van der Waals surface area contributed by atoms with Crippen LogP contribution in [0.4, 0.5) is 27.6 Å². The molecule has 2 N–H and O–H groups in total. The second-order valence-electron chi connectivity index (χ2n) is 5.61. The van der Waals surface area contributed by atoms with Gasteiger partial charge in [0.2, 0.25) is 10.7 Å². The van der Waals surface area contributed by atoms with Gasteiger partial charge in [-0.25, -0.2) is 22.0 Å². The molecule has 0 aliphatic rings. The Hall–Kier alpha value is -3.19. The number of nitro benzene ring substituents is 1. The number of rotatable bonds is 7. The normalized spacial score (nSPS) is 12.6. The summed E-state index contributed by atoms with van der Waals surface area (Å²) in [5.74, 6) is -13.6. The summed E-state index contributed by atoms with van der Waals surface area (Å²) in [5.41, 5.74) is 3.09. The zero-order valence-electron chi connectivity index (χ0n) is 14.9. The topological polar surface area (TPSA) is 119 Å². The molecule has 160 valence electrons. The van der Waals surface area contributed by atoms with Crippen molar-refractivity contribution in [3.05, 3.63) is 73.4 Å². The third-order valence-electron chi connectivity index (χ3n) is 3.75. The predicted octanol–water partition coefficient (Wildman–Crippen LogP) is 3.07. The number of hydrogen-bond donors (Lipinski definition) is 1. The molecule has 0 fully saturated rings. The molecule has 1 atom stereocenters. The lowest BCUT2D eigenvalue weighted by Gasteiger charge is -2.13. The molecule has 7 nitrogen and oxygen atoms in total. The molecule has 0 spiro atoms. The Morgan fingerprint density at radius 1 is 1.13 bits per heavy atom. The van der Waals surface area contributed by atoms with Crippen LogP contribution in [-0.2, 0) is 21.7 Å². The molecule has 0 saturated heterocycles. The molecule has 2 rings (SSSR count). The fourth-order valence-corrected chi connectivity index (χ4v) is 3.44. The van der Waals surface area contributed by atoms with E-state index >= 15 is 0 Å². The van der Waals surface area contributed by atoms with E-state index < -0.39 is 73.0 Å². The average molecular weight is 450 g/mol. The van der Waals surface area contributed by atoms with Gasteiger partial charge < -0.3 is 15.0 Å². The van der Waals surface area contributed by atoms with E-state index in [1.165, 1.54) is 19.2 Å². The van der Waals surface area contributed by atoms with Crippen LogP contribution >= 0.6 is 0 Å². The standard InChI is InChI=1S/C17H11F5N2O5S/c1-29-10-3-2-7(4-9(10)24(26)27)6-30(28)11(17(23)25)5-8-12(18)14(20)16(22)15(21)13(8)19/h2-5H,6H2,1H3,(H2,23,25)/b11-5-. The van der Waals surface area contributed by atoms with Gasteiger partial charge in [0, 0.05) is 17.7 Å². The summed E-state index contributed by atoms with van der Waals surface area (Å²) in [6.07, 6.45) is 0.187. The Kier molecular flexibility index (Phi) is 7.00. The SMILES string of the molecule is COc1ccc(C[S+]([O-])/C(=C\c2c(F)c(F)c(F)c(F)c2F)C(N)=O)cc1[N+](=O)[O-]. The molecule has 1 unspecified atom stereocenters. The van der Waals surface area contributed by atoms with E-state index in [0.717, 1.165) is 6.07 Å². The lowest BCUT2D eigenvalue weighted by atomic mass is 10.1. The van der Waals surface area contributed by atoms with Crippen LogP contribution in [0, 0.1) is 39.2 Å². The molecule has 0 aliphatic heterocycles. The first-order chi connectivity index (χ1) is 14.0. The largest absolute Gasteiger partial charge is 0.611 e. The van der Waals surface area contributed by atoms with Crippen molar-refractivity contribution in [3.63, 3.8) is 0 Å². The van der Waals surface area contributed by atoms with Crippen LogP contribution in [0.1, 0.15) is 11.1 Å². The van der Waals surface area contributed by atoms with Gasteiger partial charge in [0.25, 0.3) is 5.91 Å². The van der Waals surface area contributed by atoms with Crippen molar-refractivity contribution in [2.75, 3.05) is 7.11 Å². The second-order valence-corrected chi connectivity index (χ2v) is 7.03. The molecule has 13 heteroatoms. The zero-order chi connectivity index (χ0) is 22.7. The number of amides is 1. The summed E-state index contributed by atoms with van der Waals surface area (Å²) in [4.78, 5) is 20.9. The fourth-order valence-electron chi connectivity index (χ4n) is 2.33. The second kappa shape index (κ2) is 9.09. The van der Waals surface area contributed by atoms with E-state index in [-0.39, 0.29) is 17.4 Å². The summed E-state index contributed by atoms with van der Waals surface area (Å²) in [5, 5.41) is 11.0. The maximum atomic E-state index is 13.8. The number of carbonyl (C=O) groups is 1. The fraction of sp³-hybridized carbons (Fsp3) is 0.118.